The van der Waals surface area contributed by atoms with Crippen LogP contribution in [0.4, 0.5) is 0 Å². The second-order valence-corrected chi connectivity index (χ2v) is 20.1. The second kappa shape index (κ2) is 18.4. The number of benzene rings is 2. The minimum atomic E-state index is -3.90. The average molecular weight is 784 g/mol. The summed E-state index contributed by atoms with van der Waals surface area (Å²) in [6.07, 6.45) is 7.97. The summed E-state index contributed by atoms with van der Waals surface area (Å²) in [5.41, 5.74) is 10.9. The molecule has 0 radical (unpaired) electrons. The van der Waals surface area contributed by atoms with Gasteiger partial charge < -0.3 is 11.5 Å². The van der Waals surface area contributed by atoms with Crippen LogP contribution in [-0.2, 0) is 39.3 Å². The van der Waals surface area contributed by atoms with Crippen LogP contribution in [0.25, 0.3) is 0 Å². The summed E-state index contributed by atoms with van der Waals surface area (Å²) >= 11 is 5.43. The lowest BCUT2D eigenvalue weighted by Crippen LogP contribution is -2.24. The Morgan fingerprint density at radius 1 is 0.612 bits per heavy atom. The maximum Gasteiger partial charge on any atom is 0.280 e. The Morgan fingerprint density at radius 3 is 1.31 bits per heavy atom. The predicted molar refractivity (Wildman–Crippen MR) is 191 cm³/mol. The van der Waals surface area contributed by atoms with Gasteiger partial charge in [0.1, 0.15) is 0 Å². The van der Waals surface area contributed by atoms with Crippen LogP contribution in [0.15, 0.2) is 48.8 Å². The summed E-state index contributed by atoms with van der Waals surface area (Å²) in [5.74, 6) is -1.58. The van der Waals surface area contributed by atoms with Crippen molar-refractivity contribution in [3.05, 3.63) is 46.5 Å². The van der Waals surface area contributed by atoms with Crippen LogP contribution in [0.2, 0.25) is 0 Å². The van der Waals surface area contributed by atoms with Crippen LogP contribution in [0.5, 0.6) is 0 Å². The van der Waals surface area contributed by atoms with Gasteiger partial charge in [-0.3, -0.25) is 9.59 Å². The van der Waals surface area contributed by atoms with Gasteiger partial charge in [0.25, 0.3) is 11.1 Å². The van der Waals surface area contributed by atoms with Crippen LogP contribution >= 0.6 is 11.6 Å². The van der Waals surface area contributed by atoms with Crippen molar-refractivity contribution >= 4 is 68.1 Å². The third-order valence-electron chi connectivity index (χ3n) is 7.26. The number of nitrogens with zero attached hydrogens (tertiary/aromatic N) is 1. The van der Waals surface area contributed by atoms with Crippen molar-refractivity contribution in [2.75, 3.05) is 24.0 Å². The van der Waals surface area contributed by atoms with Crippen molar-refractivity contribution in [1.29, 1.82) is 0 Å². The lowest BCUT2D eigenvalue weighted by Gasteiger charge is -2.13. The molecule has 276 valence electrons. The summed E-state index contributed by atoms with van der Waals surface area (Å²) < 4.78 is 98.5. The molecule has 0 saturated carbocycles. The van der Waals surface area contributed by atoms with Crippen molar-refractivity contribution < 1.29 is 43.3 Å². The SMILES string of the molecule is CCCCCCS(=O)(=O)c1cc(C)c(C(=O)Cl)cc1S(C)(=O)=O.CCCCCCS(=O)(=O)c1cc(C)c(C(=O)N=C(N)N)cc1S(C)(=O)=O. The van der Waals surface area contributed by atoms with Crippen LogP contribution in [0.3, 0.4) is 0 Å². The predicted octanol–water partition coefficient (Wildman–Crippen LogP) is 4.30. The van der Waals surface area contributed by atoms with Gasteiger partial charge in [-0.2, -0.15) is 4.99 Å². The maximum atomic E-state index is 12.7. The van der Waals surface area contributed by atoms with E-state index >= 15 is 0 Å². The molecule has 18 heteroatoms. The number of carbonyl (C=O) groups excluding carboxylic acids is 2. The molecule has 4 N–H and O–H groups in total. The molecule has 2 aromatic carbocycles. The maximum absolute atomic E-state index is 12.7. The fourth-order valence-corrected chi connectivity index (χ4v) is 11.1. The molecular weight excluding hydrogens is 738 g/mol. The molecule has 0 aromatic heterocycles. The average Bonchev–Trinajstić information content (AvgIpc) is 2.95. The topological polar surface area (TPSA) is 235 Å². The number of hydrogen-bond donors (Lipinski definition) is 2. The van der Waals surface area contributed by atoms with E-state index in [-0.39, 0.29) is 42.9 Å². The Hall–Kier alpha value is -2.86. The zero-order chi connectivity index (χ0) is 38.0. The first kappa shape index (κ1) is 44.2. The van der Waals surface area contributed by atoms with Gasteiger partial charge in [0, 0.05) is 23.6 Å². The van der Waals surface area contributed by atoms with Gasteiger partial charge in [0.2, 0.25) is 0 Å². The first-order chi connectivity index (χ1) is 22.4. The van der Waals surface area contributed by atoms with Crippen LogP contribution in [0.1, 0.15) is 97.1 Å². The van der Waals surface area contributed by atoms with E-state index in [0.29, 0.717) is 18.4 Å². The number of carbonyl (C=O) groups is 2. The van der Waals surface area contributed by atoms with Crippen molar-refractivity contribution in [3.8, 4) is 0 Å². The molecular formula is C31H46ClN3O10S4. The molecule has 0 bridgehead atoms. The summed E-state index contributed by atoms with van der Waals surface area (Å²) in [5, 5.41) is -0.820. The molecule has 2 rings (SSSR count). The van der Waals surface area contributed by atoms with Crippen molar-refractivity contribution in [2.24, 2.45) is 16.5 Å². The Bertz CT molecular complexity index is 2010. The number of hydrogen-bond acceptors (Lipinski definition) is 10. The number of nitrogens with two attached hydrogens (primary N) is 2. The molecule has 1 amide bonds. The summed E-state index contributed by atoms with van der Waals surface area (Å²) in [6, 6.07) is 4.50. The molecule has 0 saturated heterocycles. The number of halogens is 1. The zero-order valence-corrected chi connectivity index (χ0v) is 32.6. The van der Waals surface area contributed by atoms with Gasteiger partial charge >= 0.3 is 0 Å². The monoisotopic (exact) mass is 783 g/mol. The number of aliphatic imine (C=N–C) groups is 1. The summed E-state index contributed by atoms with van der Waals surface area (Å²) in [6.45, 7) is 7.04. The standard InChI is InChI=1S/C16H25N3O5S2.C15H21ClO5S2/c1-4-5-6-7-8-26(23,24)14-9-11(2)12(15(20)19-16(17)18)10-13(14)25(3,21)22;1-4-5-6-7-8-23(20,21)14-9-11(2)12(15(16)17)10-13(14)22(3,18)19/h9-10H,4-8H2,1-3H3,(H4,17,18,19,20);9-10H,4-8H2,1-3H3. The third kappa shape index (κ3) is 13.4. The highest BCUT2D eigenvalue weighted by Gasteiger charge is 2.28. The minimum absolute atomic E-state index is 0.00275. The highest BCUT2D eigenvalue weighted by atomic mass is 35.5. The molecule has 0 aliphatic heterocycles. The molecule has 0 atom stereocenters. The van der Waals surface area contributed by atoms with E-state index in [9.17, 15) is 43.3 Å². The van der Waals surface area contributed by atoms with E-state index in [1.54, 1.807) is 0 Å². The largest absolute Gasteiger partial charge is 0.370 e. The Kier molecular flexibility index (Phi) is 16.6. The van der Waals surface area contributed by atoms with Crippen molar-refractivity contribution in [3.63, 3.8) is 0 Å². The van der Waals surface area contributed by atoms with Gasteiger partial charge in [0.15, 0.2) is 45.3 Å². The Morgan fingerprint density at radius 2 is 0.980 bits per heavy atom. The molecule has 0 heterocycles. The summed E-state index contributed by atoms with van der Waals surface area (Å²) in [7, 11) is -15.3. The van der Waals surface area contributed by atoms with E-state index in [1.807, 2.05) is 13.8 Å². The van der Waals surface area contributed by atoms with E-state index in [0.717, 1.165) is 63.2 Å². The third-order valence-corrected chi connectivity index (χ3v) is 13.7. The van der Waals surface area contributed by atoms with Crippen LogP contribution < -0.4 is 11.5 Å². The van der Waals surface area contributed by atoms with E-state index in [1.165, 1.54) is 26.0 Å². The Labute approximate surface area is 295 Å². The van der Waals surface area contributed by atoms with Gasteiger partial charge in [0.05, 0.1) is 31.1 Å². The molecule has 13 nitrogen and oxygen atoms in total. The number of aryl methyl sites for hydroxylation is 2. The molecule has 0 spiro atoms. The summed E-state index contributed by atoms with van der Waals surface area (Å²) in [4.78, 5) is 25.5. The van der Waals surface area contributed by atoms with Crippen molar-refractivity contribution in [2.45, 2.75) is 98.6 Å². The molecule has 0 unspecified atom stereocenters. The highest BCUT2D eigenvalue weighted by molar-refractivity contribution is 7.94. The fourth-order valence-electron chi connectivity index (χ4n) is 4.67. The lowest BCUT2D eigenvalue weighted by molar-refractivity contribution is 0.100. The number of sulfone groups is 4. The smallest absolute Gasteiger partial charge is 0.280 e. The molecule has 49 heavy (non-hydrogen) atoms. The first-order valence-electron chi connectivity index (χ1n) is 15.4. The van der Waals surface area contributed by atoms with E-state index < -0.39 is 61.4 Å². The van der Waals surface area contributed by atoms with Gasteiger partial charge in [-0.25, -0.2) is 33.7 Å². The Balaban J connectivity index is 0.000000494. The van der Waals surface area contributed by atoms with Gasteiger partial charge in [-0.05, 0) is 73.7 Å². The number of guanidine groups is 1. The van der Waals surface area contributed by atoms with Crippen LogP contribution in [-0.4, -0.2) is 74.8 Å². The molecule has 0 aliphatic carbocycles. The quantitative estimate of drug-likeness (QED) is 0.105. The van der Waals surface area contributed by atoms with Gasteiger partial charge in [-0.15, -0.1) is 0 Å². The normalized spacial score (nSPS) is 12.1. The van der Waals surface area contributed by atoms with E-state index in [4.69, 9.17) is 23.1 Å². The number of amides is 1. The molecule has 2 aromatic rings. The molecule has 0 fully saturated rings. The fraction of sp³-hybridized carbons (Fsp3) is 0.516. The zero-order valence-electron chi connectivity index (χ0n) is 28.6. The molecule has 0 aliphatic rings. The van der Waals surface area contributed by atoms with Gasteiger partial charge in [-0.1, -0.05) is 52.4 Å². The number of rotatable bonds is 16. The highest BCUT2D eigenvalue weighted by Crippen LogP contribution is 2.29. The minimum Gasteiger partial charge on any atom is -0.370 e. The number of unbranched alkanes of at least 4 members (excludes halogenated alkanes) is 6. The van der Waals surface area contributed by atoms with E-state index in [2.05, 4.69) is 4.99 Å². The lowest BCUT2D eigenvalue weighted by atomic mass is 10.1. The van der Waals surface area contributed by atoms with Crippen LogP contribution in [0, 0.1) is 13.8 Å². The van der Waals surface area contributed by atoms with Crippen molar-refractivity contribution in [1.82, 2.24) is 0 Å². The second-order valence-electron chi connectivity index (χ2n) is 11.6. The first-order valence-corrected chi connectivity index (χ1v) is 22.9.